The van der Waals surface area contributed by atoms with E-state index in [1.54, 1.807) is 36.4 Å². The van der Waals surface area contributed by atoms with Crippen LogP contribution in [0.4, 0.5) is 5.69 Å². The second-order valence-electron chi connectivity index (χ2n) is 11.5. The van der Waals surface area contributed by atoms with Crippen molar-refractivity contribution in [3.8, 4) is 11.5 Å². The first-order valence-electron chi connectivity index (χ1n) is 15.7. The molecule has 0 aliphatic heterocycles. The van der Waals surface area contributed by atoms with E-state index in [1.165, 1.54) is 37.3 Å². The number of carbonyl (C=O) groups excluding carboxylic acids is 2. The number of rotatable bonds is 15. The molecule has 4 rings (SSSR count). The van der Waals surface area contributed by atoms with Crippen LogP contribution in [0.5, 0.6) is 11.5 Å². The first-order valence-corrected chi connectivity index (χ1v) is 17.5. The summed E-state index contributed by atoms with van der Waals surface area (Å²) >= 11 is 6.16. The minimum Gasteiger partial charge on any atom is -0.493 e. The number of aryl methyl sites for hydroxylation is 2. The monoisotopic (exact) mass is 691 g/mol. The minimum absolute atomic E-state index is 0.0458. The van der Waals surface area contributed by atoms with Gasteiger partial charge in [-0.15, -0.1) is 0 Å². The Kier molecular flexibility index (Phi) is 12.5. The molecule has 0 bridgehead atoms. The molecular formula is C37H42ClN3O6S. The molecule has 0 heterocycles. The first kappa shape index (κ1) is 36.3. The number of benzene rings is 4. The van der Waals surface area contributed by atoms with Gasteiger partial charge in [-0.3, -0.25) is 13.9 Å². The molecule has 0 aliphatic rings. The number of anilines is 1. The summed E-state index contributed by atoms with van der Waals surface area (Å²) in [5, 5.41) is 3.48. The lowest BCUT2D eigenvalue weighted by Crippen LogP contribution is -2.53. The van der Waals surface area contributed by atoms with Crippen molar-refractivity contribution in [3.05, 3.63) is 118 Å². The normalized spacial score (nSPS) is 11.8. The van der Waals surface area contributed by atoms with Gasteiger partial charge in [-0.05, 0) is 78.9 Å². The molecule has 0 saturated heterocycles. The fourth-order valence-electron chi connectivity index (χ4n) is 5.43. The third-order valence-corrected chi connectivity index (χ3v) is 9.82. The summed E-state index contributed by atoms with van der Waals surface area (Å²) in [6.45, 7) is 5.57. The molecule has 254 valence electrons. The number of halogens is 1. The van der Waals surface area contributed by atoms with Crippen molar-refractivity contribution in [1.29, 1.82) is 0 Å². The van der Waals surface area contributed by atoms with E-state index < -0.39 is 28.5 Å². The van der Waals surface area contributed by atoms with Gasteiger partial charge in [0.25, 0.3) is 10.0 Å². The van der Waals surface area contributed by atoms with Gasteiger partial charge >= 0.3 is 0 Å². The van der Waals surface area contributed by atoms with Crippen molar-refractivity contribution in [1.82, 2.24) is 10.2 Å². The van der Waals surface area contributed by atoms with Crippen molar-refractivity contribution >= 4 is 39.1 Å². The van der Waals surface area contributed by atoms with Gasteiger partial charge in [0, 0.05) is 30.6 Å². The smallest absolute Gasteiger partial charge is 0.264 e. The highest BCUT2D eigenvalue weighted by Gasteiger charge is 2.35. The highest BCUT2D eigenvalue weighted by molar-refractivity contribution is 7.92. The summed E-state index contributed by atoms with van der Waals surface area (Å²) in [6, 6.07) is 25.1. The number of methoxy groups -OCH3 is 2. The molecule has 4 aromatic rings. The van der Waals surface area contributed by atoms with Crippen LogP contribution in [-0.2, 0) is 32.6 Å². The van der Waals surface area contributed by atoms with Gasteiger partial charge in [-0.25, -0.2) is 8.42 Å². The van der Waals surface area contributed by atoms with E-state index in [0.29, 0.717) is 29.4 Å². The van der Waals surface area contributed by atoms with Crippen LogP contribution in [0, 0.1) is 13.8 Å². The maximum Gasteiger partial charge on any atom is 0.264 e. The molecule has 1 atom stereocenters. The van der Waals surface area contributed by atoms with E-state index in [2.05, 4.69) is 5.32 Å². The molecule has 48 heavy (non-hydrogen) atoms. The number of hydrogen-bond donors (Lipinski definition) is 1. The third-order valence-electron chi connectivity index (χ3n) is 7.80. The van der Waals surface area contributed by atoms with Crippen molar-refractivity contribution in [3.63, 3.8) is 0 Å². The van der Waals surface area contributed by atoms with Gasteiger partial charge in [0.05, 0.1) is 24.8 Å². The average molecular weight is 692 g/mol. The SMILES string of the molecule is CCCNC(=O)C(Cc1ccccc1)N(Cc1ccc(Cl)cc1)C(=O)CN(c1cc(C)cc(C)c1)S(=O)(=O)c1ccc(OC)c(OC)c1. The maximum atomic E-state index is 14.6. The molecule has 0 aliphatic carbocycles. The molecule has 0 saturated carbocycles. The molecule has 0 spiro atoms. The molecule has 0 radical (unpaired) electrons. The number of ether oxygens (including phenoxy) is 2. The van der Waals surface area contributed by atoms with E-state index >= 15 is 0 Å². The van der Waals surface area contributed by atoms with E-state index in [-0.39, 0.29) is 29.5 Å². The number of sulfonamides is 1. The first-order chi connectivity index (χ1) is 23.0. The Morgan fingerprint density at radius 3 is 2.08 bits per heavy atom. The predicted molar refractivity (Wildman–Crippen MR) is 189 cm³/mol. The minimum atomic E-state index is -4.34. The standard InChI is InChI=1S/C37H42ClN3O6S/c1-6-18-39-37(43)33(22-28-10-8-7-9-11-28)40(24-29-12-14-30(38)15-13-29)36(42)25-41(31-20-26(2)19-27(3)21-31)48(44,45)32-16-17-34(46-4)35(23-32)47-5/h7-17,19-21,23,33H,6,18,22,24-25H2,1-5H3,(H,39,43). The lowest BCUT2D eigenvalue weighted by molar-refractivity contribution is -0.140. The number of nitrogens with one attached hydrogen (secondary N) is 1. The Morgan fingerprint density at radius 1 is 0.833 bits per heavy atom. The van der Waals surface area contributed by atoms with Gasteiger partial charge in [0.15, 0.2) is 11.5 Å². The molecule has 1 unspecified atom stereocenters. The number of hydrogen-bond acceptors (Lipinski definition) is 6. The Labute approximate surface area is 288 Å². The maximum absolute atomic E-state index is 14.6. The lowest BCUT2D eigenvalue weighted by Gasteiger charge is -2.34. The average Bonchev–Trinajstić information content (AvgIpc) is 3.07. The number of amides is 2. The van der Waals surface area contributed by atoms with Crippen LogP contribution in [-0.4, -0.2) is 58.5 Å². The van der Waals surface area contributed by atoms with Gasteiger partial charge in [-0.1, -0.05) is 67.1 Å². The fourth-order valence-corrected chi connectivity index (χ4v) is 6.97. The highest BCUT2D eigenvalue weighted by atomic mass is 35.5. The largest absolute Gasteiger partial charge is 0.493 e. The van der Waals surface area contributed by atoms with E-state index in [1.807, 2.05) is 57.2 Å². The zero-order valence-electron chi connectivity index (χ0n) is 27.9. The second kappa shape index (κ2) is 16.5. The van der Waals surface area contributed by atoms with Crippen molar-refractivity contribution < 1.29 is 27.5 Å². The molecular weight excluding hydrogens is 650 g/mol. The molecule has 2 amide bonds. The molecule has 4 aromatic carbocycles. The van der Waals surface area contributed by atoms with Gasteiger partial charge < -0.3 is 19.7 Å². The topological polar surface area (TPSA) is 105 Å². The second-order valence-corrected chi connectivity index (χ2v) is 13.8. The summed E-state index contributed by atoms with van der Waals surface area (Å²) < 4.78 is 40.8. The van der Waals surface area contributed by atoms with Crippen LogP contribution >= 0.6 is 11.6 Å². The van der Waals surface area contributed by atoms with E-state index in [9.17, 15) is 18.0 Å². The van der Waals surface area contributed by atoms with Gasteiger partial charge in [0.1, 0.15) is 12.6 Å². The van der Waals surface area contributed by atoms with Crippen LogP contribution in [0.2, 0.25) is 5.02 Å². The van der Waals surface area contributed by atoms with Crippen LogP contribution in [0.3, 0.4) is 0 Å². The molecule has 0 fully saturated rings. The summed E-state index contributed by atoms with van der Waals surface area (Å²) in [7, 11) is -1.46. The lowest BCUT2D eigenvalue weighted by atomic mass is 10.0. The third kappa shape index (κ3) is 9.08. The fraction of sp³-hybridized carbons (Fsp3) is 0.297. The van der Waals surface area contributed by atoms with Crippen LogP contribution < -0.4 is 19.1 Å². The van der Waals surface area contributed by atoms with Gasteiger partial charge in [0.2, 0.25) is 11.8 Å². The van der Waals surface area contributed by atoms with Crippen LogP contribution in [0.15, 0.2) is 95.9 Å². The summed E-state index contributed by atoms with van der Waals surface area (Å²) in [5.41, 5.74) is 3.55. The van der Waals surface area contributed by atoms with Gasteiger partial charge in [-0.2, -0.15) is 0 Å². The molecule has 11 heteroatoms. The van der Waals surface area contributed by atoms with E-state index in [0.717, 1.165) is 26.6 Å². The summed E-state index contributed by atoms with van der Waals surface area (Å²) in [4.78, 5) is 29.8. The molecule has 1 N–H and O–H groups in total. The molecule has 9 nitrogen and oxygen atoms in total. The highest BCUT2D eigenvalue weighted by Crippen LogP contribution is 2.33. The number of carbonyl (C=O) groups is 2. The Bertz CT molecular complexity index is 1800. The quantitative estimate of drug-likeness (QED) is 0.156. The number of nitrogens with zero attached hydrogens (tertiary/aromatic N) is 2. The zero-order chi connectivity index (χ0) is 34.8. The van der Waals surface area contributed by atoms with Crippen molar-refractivity contribution in [2.24, 2.45) is 0 Å². The van der Waals surface area contributed by atoms with Crippen molar-refractivity contribution in [2.45, 2.75) is 51.1 Å². The zero-order valence-corrected chi connectivity index (χ0v) is 29.5. The van der Waals surface area contributed by atoms with Crippen molar-refractivity contribution in [2.75, 3.05) is 31.6 Å². The molecule has 0 aromatic heterocycles. The summed E-state index contributed by atoms with van der Waals surface area (Å²) in [6.07, 6.45) is 0.931. The van der Waals surface area contributed by atoms with Crippen LogP contribution in [0.1, 0.15) is 35.6 Å². The Hall–Kier alpha value is -4.54. The van der Waals surface area contributed by atoms with Crippen LogP contribution in [0.25, 0.3) is 0 Å². The predicted octanol–water partition coefficient (Wildman–Crippen LogP) is 6.34. The Morgan fingerprint density at radius 2 is 1.48 bits per heavy atom. The Balaban J connectivity index is 1.84. The van der Waals surface area contributed by atoms with E-state index in [4.69, 9.17) is 21.1 Å². The summed E-state index contributed by atoms with van der Waals surface area (Å²) in [5.74, 6) is -0.295.